The maximum Gasteiger partial charge on any atom is 0.421 e. The van der Waals surface area contributed by atoms with Gasteiger partial charge in [-0.05, 0) is 36.1 Å². The molecular weight excluding hydrogens is 397 g/mol. The van der Waals surface area contributed by atoms with Gasteiger partial charge in [0.1, 0.15) is 29.9 Å². The molecule has 3 N–H and O–H groups in total. The van der Waals surface area contributed by atoms with E-state index in [1.54, 1.807) is 6.07 Å². The van der Waals surface area contributed by atoms with Crippen molar-refractivity contribution in [3.8, 4) is 0 Å². The number of hydrogen-bond donors (Lipinski definition) is 3. The van der Waals surface area contributed by atoms with Crippen molar-refractivity contribution >= 4 is 23.0 Å². The van der Waals surface area contributed by atoms with Crippen LogP contribution in [0.25, 0.3) is 5.57 Å². The third-order valence-corrected chi connectivity index (χ3v) is 5.30. The Kier molecular flexibility index (Phi) is 5.31. The van der Waals surface area contributed by atoms with E-state index >= 15 is 0 Å². The Hall–Kier alpha value is -2.81. The average molecular weight is 420 g/mol. The zero-order chi connectivity index (χ0) is 21.5. The summed E-state index contributed by atoms with van der Waals surface area (Å²) in [6.07, 6.45) is -2.10. The number of benzene rings is 1. The van der Waals surface area contributed by atoms with Crippen LogP contribution in [0.1, 0.15) is 49.8 Å². The molecule has 6 nitrogen and oxygen atoms in total. The number of aliphatic hydroxyl groups excluding tert-OH is 1. The Labute approximate surface area is 172 Å². The summed E-state index contributed by atoms with van der Waals surface area (Å²) >= 11 is 0. The Morgan fingerprint density at radius 1 is 1.30 bits per heavy atom. The molecule has 9 heteroatoms. The van der Waals surface area contributed by atoms with Crippen LogP contribution in [0.15, 0.2) is 30.2 Å². The molecule has 30 heavy (non-hydrogen) atoms. The topological polar surface area (TPSA) is 79.3 Å². The highest BCUT2D eigenvalue weighted by Crippen LogP contribution is 2.47. The predicted octanol–water partition coefficient (Wildman–Crippen LogP) is 4.85. The second-order valence-electron chi connectivity index (χ2n) is 7.46. The molecular formula is C21H23F3N4O2. The highest BCUT2D eigenvalue weighted by Gasteiger charge is 2.42. The number of aromatic nitrogens is 2. The van der Waals surface area contributed by atoms with E-state index in [2.05, 4.69) is 20.6 Å². The molecule has 0 fully saturated rings. The van der Waals surface area contributed by atoms with E-state index < -0.39 is 17.8 Å². The predicted molar refractivity (Wildman–Crippen MR) is 107 cm³/mol. The normalized spacial score (nSPS) is 18.3. The lowest BCUT2D eigenvalue weighted by molar-refractivity contribution is -0.137. The largest absolute Gasteiger partial charge is 0.490 e. The smallest absolute Gasteiger partial charge is 0.421 e. The van der Waals surface area contributed by atoms with E-state index in [0.717, 1.165) is 35.7 Å². The van der Waals surface area contributed by atoms with Gasteiger partial charge in [-0.3, -0.25) is 0 Å². The van der Waals surface area contributed by atoms with Crippen molar-refractivity contribution in [1.82, 2.24) is 9.97 Å². The number of rotatable bonds is 7. The Morgan fingerprint density at radius 3 is 2.80 bits per heavy atom. The molecule has 0 saturated heterocycles. The first-order valence-corrected chi connectivity index (χ1v) is 9.97. The number of fused-ring (bicyclic) bond motifs is 2. The van der Waals surface area contributed by atoms with Crippen molar-refractivity contribution < 1.29 is 23.0 Å². The fourth-order valence-electron chi connectivity index (χ4n) is 3.65. The van der Waals surface area contributed by atoms with E-state index in [9.17, 15) is 18.3 Å². The quantitative estimate of drug-likeness (QED) is 0.595. The lowest BCUT2D eigenvalue weighted by Crippen LogP contribution is -2.22. The number of halogens is 3. The molecule has 2 aromatic rings. The molecule has 0 bridgehead atoms. The lowest BCUT2D eigenvalue weighted by atomic mass is 10.0. The second kappa shape index (κ2) is 7.79. The molecule has 1 aliphatic carbocycles. The fourth-order valence-corrected chi connectivity index (χ4v) is 3.65. The van der Waals surface area contributed by atoms with Crippen LogP contribution in [-0.2, 0) is 17.5 Å². The highest BCUT2D eigenvalue weighted by atomic mass is 19.4. The number of anilines is 3. The van der Waals surface area contributed by atoms with E-state index in [1.165, 1.54) is 0 Å². The molecule has 2 aliphatic rings. The highest BCUT2D eigenvalue weighted by molar-refractivity contribution is 5.89. The van der Waals surface area contributed by atoms with E-state index in [4.69, 9.17) is 4.74 Å². The van der Waals surface area contributed by atoms with Crippen LogP contribution in [0, 0.1) is 0 Å². The summed E-state index contributed by atoms with van der Waals surface area (Å²) in [6, 6.07) is 5.35. The summed E-state index contributed by atoms with van der Waals surface area (Å²) in [4.78, 5) is 7.98. The zero-order valence-electron chi connectivity index (χ0n) is 16.7. The van der Waals surface area contributed by atoms with Crippen LogP contribution < -0.4 is 10.6 Å². The van der Waals surface area contributed by atoms with Crippen LogP contribution in [0.3, 0.4) is 0 Å². The molecule has 1 aromatic carbocycles. The number of alkyl halides is 3. The third kappa shape index (κ3) is 3.94. The van der Waals surface area contributed by atoms with Crippen molar-refractivity contribution in [3.63, 3.8) is 0 Å². The van der Waals surface area contributed by atoms with E-state index in [-0.39, 0.29) is 17.8 Å². The van der Waals surface area contributed by atoms with Gasteiger partial charge in [0.15, 0.2) is 0 Å². The van der Waals surface area contributed by atoms with Crippen LogP contribution >= 0.6 is 0 Å². The molecule has 2 atom stereocenters. The van der Waals surface area contributed by atoms with Crippen LogP contribution in [-0.4, -0.2) is 27.2 Å². The van der Waals surface area contributed by atoms with Gasteiger partial charge in [-0.2, -0.15) is 18.2 Å². The molecule has 160 valence electrons. The summed E-state index contributed by atoms with van der Waals surface area (Å²) in [6.45, 7) is 4.24. The minimum absolute atomic E-state index is 0.0693. The summed E-state index contributed by atoms with van der Waals surface area (Å²) in [5, 5.41) is 15.7. The summed E-state index contributed by atoms with van der Waals surface area (Å²) in [7, 11) is 0. The number of hydrogen-bond acceptors (Lipinski definition) is 6. The average Bonchev–Trinajstić information content (AvgIpc) is 3.37. The van der Waals surface area contributed by atoms with Crippen molar-refractivity contribution in [1.29, 1.82) is 0 Å². The Morgan fingerprint density at radius 2 is 2.10 bits per heavy atom. The van der Waals surface area contributed by atoms with Crippen LogP contribution in [0.4, 0.5) is 30.6 Å². The zero-order valence-corrected chi connectivity index (χ0v) is 16.7. The van der Waals surface area contributed by atoms with E-state index in [0.29, 0.717) is 24.5 Å². The molecule has 1 aliphatic heterocycles. The summed E-state index contributed by atoms with van der Waals surface area (Å²) < 4.78 is 45.8. The van der Waals surface area contributed by atoms with Gasteiger partial charge < -0.3 is 20.5 Å². The minimum Gasteiger partial charge on any atom is -0.490 e. The molecule has 4 rings (SSSR count). The molecule has 2 heterocycles. The molecule has 1 aromatic heterocycles. The van der Waals surface area contributed by atoms with Gasteiger partial charge in [-0.1, -0.05) is 26.3 Å². The number of aliphatic hydroxyl groups is 1. The van der Waals surface area contributed by atoms with Gasteiger partial charge in [-0.15, -0.1) is 0 Å². The molecule has 2 unspecified atom stereocenters. The first kappa shape index (κ1) is 20.5. The van der Waals surface area contributed by atoms with Gasteiger partial charge in [-0.25, -0.2) is 4.98 Å². The van der Waals surface area contributed by atoms with E-state index in [1.807, 2.05) is 26.0 Å². The number of nitrogens with one attached hydrogen (secondary N) is 2. The van der Waals surface area contributed by atoms with Gasteiger partial charge in [0.25, 0.3) is 0 Å². The standard InChI is InChI=1S/C21H23F3N4O2/c1-3-5-12(4-2)26-19-15(21(22,23)24)9-25-20(28-19)27-13-6-7-14-11(8-13)10-30-18-16(14)17(18)29/h6-9,12,17,29H,3-5,10H2,1-2H3,(H2,25,26,27,28). The second-order valence-corrected chi connectivity index (χ2v) is 7.46. The first-order chi connectivity index (χ1) is 14.3. The monoisotopic (exact) mass is 420 g/mol. The van der Waals surface area contributed by atoms with Gasteiger partial charge >= 0.3 is 6.18 Å². The molecule has 0 radical (unpaired) electrons. The van der Waals surface area contributed by atoms with Crippen molar-refractivity contribution in [2.24, 2.45) is 0 Å². The molecule has 0 saturated carbocycles. The number of ether oxygens (including phenoxy) is 1. The molecule has 0 spiro atoms. The van der Waals surface area contributed by atoms with Crippen molar-refractivity contribution in [2.45, 2.75) is 58.0 Å². The lowest BCUT2D eigenvalue weighted by Gasteiger charge is -2.20. The third-order valence-electron chi connectivity index (χ3n) is 5.30. The number of nitrogens with zero attached hydrogens (tertiary/aromatic N) is 2. The van der Waals surface area contributed by atoms with Crippen molar-refractivity contribution in [2.75, 3.05) is 10.6 Å². The van der Waals surface area contributed by atoms with Crippen molar-refractivity contribution in [3.05, 3.63) is 46.8 Å². The van der Waals surface area contributed by atoms with Crippen LogP contribution in [0.5, 0.6) is 0 Å². The van der Waals surface area contributed by atoms with Gasteiger partial charge in [0, 0.05) is 23.5 Å². The molecule has 0 amide bonds. The maximum atomic E-state index is 13.4. The Balaban J connectivity index is 1.59. The minimum atomic E-state index is -4.55. The summed E-state index contributed by atoms with van der Waals surface area (Å²) in [5.74, 6) is 0.458. The first-order valence-electron chi connectivity index (χ1n) is 9.97. The van der Waals surface area contributed by atoms with Gasteiger partial charge in [0.05, 0.1) is 0 Å². The van der Waals surface area contributed by atoms with Crippen LogP contribution in [0.2, 0.25) is 0 Å². The van der Waals surface area contributed by atoms with Gasteiger partial charge in [0.2, 0.25) is 5.95 Å². The maximum absolute atomic E-state index is 13.4. The summed E-state index contributed by atoms with van der Waals surface area (Å²) in [5.41, 5.74) is 2.35. The SMILES string of the molecule is CCCC(CC)Nc1nc(Nc2ccc3c(c2)COC2=C3C2O)ncc1C(F)(F)F. The Bertz CT molecular complexity index is 991. The fraction of sp³-hybridized carbons (Fsp3) is 0.429.